The minimum atomic E-state index is 0.616. The average molecular weight is 273 g/mol. The molecular weight excluding hydrogens is 242 g/mol. The van der Waals surface area contributed by atoms with Crippen molar-refractivity contribution in [3.63, 3.8) is 0 Å². The number of aryl methyl sites for hydroxylation is 2. The Morgan fingerprint density at radius 3 is 2.35 bits per heavy atom. The van der Waals surface area contributed by atoms with Crippen molar-refractivity contribution in [2.45, 2.75) is 65.2 Å². The van der Waals surface area contributed by atoms with Crippen molar-refractivity contribution in [2.75, 3.05) is 13.1 Å². The van der Waals surface area contributed by atoms with E-state index in [0.717, 1.165) is 6.54 Å². The zero-order chi connectivity index (χ0) is 14.3. The smallest absolute Gasteiger partial charge is 0.00437 e. The summed E-state index contributed by atoms with van der Waals surface area (Å²) in [4.78, 5) is 0. The van der Waals surface area contributed by atoms with Crippen molar-refractivity contribution >= 4 is 0 Å². The second kappa shape index (κ2) is 7.83. The molecule has 1 nitrogen and oxygen atoms in total. The molecular formula is C19H31N. The Kier molecular flexibility index (Phi) is 6.09. The van der Waals surface area contributed by atoms with Gasteiger partial charge in [-0.15, -0.1) is 0 Å². The summed E-state index contributed by atoms with van der Waals surface area (Å²) in [6.07, 6.45) is 11.2. The quantitative estimate of drug-likeness (QED) is 0.698. The molecule has 0 spiro atoms. The molecule has 1 aliphatic rings. The van der Waals surface area contributed by atoms with Crippen LogP contribution >= 0.6 is 0 Å². The van der Waals surface area contributed by atoms with Crippen LogP contribution in [0.15, 0.2) is 24.3 Å². The molecule has 0 aromatic heterocycles. The molecule has 1 fully saturated rings. The van der Waals surface area contributed by atoms with E-state index < -0.39 is 0 Å². The van der Waals surface area contributed by atoms with Crippen molar-refractivity contribution in [2.24, 2.45) is 5.41 Å². The highest BCUT2D eigenvalue weighted by Crippen LogP contribution is 2.42. The lowest BCUT2D eigenvalue weighted by Gasteiger charge is -2.38. The van der Waals surface area contributed by atoms with Crippen LogP contribution < -0.4 is 5.32 Å². The molecule has 112 valence electrons. The first-order valence-electron chi connectivity index (χ1n) is 8.50. The molecule has 0 aliphatic heterocycles. The van der Waals surface area contributed by atoms with E-state index in [4.69, 9.17) is 0 Å². The predicted octanol–water partition coefficient (Wildman–Crippen LogP) is 4.88. The van der Waals surface area contributed by atoms with Gasteiger partial charge in [-0.3, -0.25) is 0 Å². The summed E-state index contributed by atoms with van der Waals surface area (Å²) in [5, 5.41) is 3.53. The summed E-state index contributed by atoms with van der Waals surface area (Å²) in [5.41, 5.74) is 3.50. The fourth-order valence-electron chi connectivity index (χ4n) is 3.62. The molecule has 0 heterocycles. The monoisotopic (exact) mass is 273 g/mol. The van der Waals surface area contributed by atoms with Gasteiger partial charge in [0.1, 0.15) is 0 Å². The molecule has 0 bridgehead atoms. The Hall–Kier alpha value is -0.820. The van der Waals surface area contributed by atoms with Crippen molar-refractivity contribution in [1.29, 1.82) is 0 Å². The average Bonchev–Trinajstić information content (AvgIpc) is 2.48. The van der Waals surface area contributed by atoms with E-state index in [-0.39, 0.29) is 0 Å². The fraction of sp³-hybridized carbons (Fsp3) is 0.684. The number of hydrogen-bond acceptors (Lipinski definition) is 1. The van der Waals surface area contributed by atoms with Crippen LogP contribution in [0.1, 0.15) is 63.0 Å². The maximum Gasteiger partial charge on any atom is -0.00437 e. The van der Waals surface area contributed by atoms with Crippen LogP contribution in [0.25, 0.3) is 0 Å². The van der Waals surface area contributed by atoms with Crippen LogP contribution in [0.3, 0.4) is 0 Å². The number of hydrogen-bond donors (Lipinski definition) is 1. The van der Waals surface area contributed by atoms with Crippen LogP contribution in [0.4, 0.5) is 0 Å². The molecule has 1 N–H and O–H groups in total. The third kappa shape index (κ3) is 4.63. The molecule has 1 aromatic carbocycles. The normalized spacial score (nSPS) is 18.1. The molecule has 0 atom stereocenters. The Morgan fingerprint density at radius 2 is 1.70 bits per heavy atom. The van der Waals surface area contributed by atoms with Crippen LogP contribution in [0, 0.1) is 12.3 Å². The molecule has 1 saturated carbocycles. The summed E-state index contributed by atoms with van der Waals surface area (Å²) in [6.45, 7) is 6.68. The van der Waals surface area contributed by atoms with Crippen LogP contribution in [-0.4, -0.2) is 13.1 Å². The van der Waals surface area contributed by atoms with E-state index in [1.165, 1.54) is 69.0 Å². The van der Waals surface area contributed by atoms with Crippen LogP contribution in [-0.2, 0) is 6.42 Å². The largest absolute Gasteiger partial charge is 0.317 e. The first-order valence-corrected chi connectivity index (χ1v) is 8.50. The van der Waals surface area contributed by atoms with Gasteiger partial charge in [-0.05, 0) is 63.1 Å². The van der Waals surface area contributed by atoms with Crippen molar-refractivity contribution in [1.82, 2.24) is 5.32 Å². The lowest BCUT2D eigenvalue weighted by atomic mass is 9.68. The zero-order valence-electron chi connectivity index (χ0n) is 13.4. The molecule has 2 rings (SSSR count). The Morgan fingerprint density at radius 1 is 1.00 bits per heavy atom. The molecule has 1 aromatic rings. The van der Waals surface area contributed by atoms with Crippen LogP contribution in [0.5, 0.6) is 0 Å². The van der Waals surface area contributed by atoms with Gasteiger partial charge in [0.15, 0.2) is 0 Å². The van der Waals surface area contributed by atoms with Gasteiger partial charge >= 0.3 is 0 Å². The van der Waals surface area contributed by atoms with Crippen molar-refractivity contribution in [3.05, 3.63) is 35.4 Å². The highest BCUT2D eigenvalue weighted by molar-refractivity contribution is 5.21. The lowest BCUT2D eigenvalue weighted by molar-refractivity contribution is 0.157. The fourth-order valence-corrected chi connectivity index (χ4v) is 3.62. The van der Waals surface area contributed by atoms with Gasteiger partial charge in [0.25, 0.3) is 0 Å². The van der Waals surface area contributed by atoms with Gasteiger partial charge in [0.05, 0.1) is 0 Å². The minimum absolute atomic E-state index is 0.616. The standard InChI is InChI=1S/C19H31N/c1-3-20-16-15-19(12-5-4-6-13-19)14-11-18-9-7-17(2)8-10-18/h7-10,20H,3-6,11-16H2,1-2H3. The van der Waals surface area contributed by atoms with Gasteiger partial charge in [-0.25, -0.2) is 0 Å². The van der Waals surface area contributed by atoms with Gasteiger partial charge < -0.3 is 5.32 Å². The Labute approximate surface area is 125 Å². The van der Waals surface area contributed by atoms with Crippen LogP contribution in [0.2, 0.25) is 0 Å². The van der Waals surface area contributed by atoms with Gasteiger partial charge in [-0.2, -0.15) is 0 Å². The summed E-state index contributed by atoms with van der Waals surface area (Å²) in [6, 6.07) is 9.13. The maximum absolute atomic E-state index is 3.53. The topological polar surface area (TPSA) is 12.0 Å². The lowest BCUT2D eigenvalue weighted by Crippen LogP contribution is -2.30. The first kappa shape index (κ1) is 15.6. The third-order valence-electron chi connectivity index (χ3n) is 5.06. The number of benzene rings is 1. The molecule has 0 unspecified atom stereocenters. The van der Waals surface area contributed by atoms with E-state index in [1.807, 2.05) is 0 Å². The SMILES string of the molecule is CCNCCC1(CCc2ccc(C)cc2)CCCCC1. The first-order chi connectivity index (χ1) is 9.74. The van der Waals surface area contributed by atoms with E-state index in [9.17, 15) is 0 Å². The summed E-state index contributed by atoms with van der Waals surface area (Å²) in [7, 11) is 0. The number of nitrogens with one attached hydrogen (secondary N) is 1. The molecule has 0 radical (unpaired) electrons. The molecule has 1 heteroatoms. The molecule has 0 amide bonds. The zero-order valence-corrected chi connectivity index (χ0v) is 13.4. The molecule has 20 heavy (non-hydrogen) atoms. The minimum Gasteiger partial charge on any atom is -0.317 e. The molecule has 0 saturated heterocycles. The Bertz CT molecular complexity index is 373. The Balaban J connectivity index is 1.91. The highest BCUT2D eigenvalue weighted by atomic mass is 14.8. The van der Waals surface area contributed by atoms with Crippen molar-refractivity contribution in [3.8, 4) is 0 Å². The second-order valence-corrected chi connectivity index (χ2v) is 6.65. The van der Waals surface area contributed by atoms with E-state index in [0.29, 0.717) is 5.41 Å². The number of rotatable bonds is 7. The summed E-state index contributed by atoms with van der Waals surface area (Å²) in [5.74, 6) is 0. The molecule has 1 aliphatic carbocycles. The van der Waals surface area contributed by atoms with E-state index in [2.05, 4.69) is 43.4 Å². The predicted molar refractivity (Wildman–Crippen MR) is 88.2 cm³/mol. The second-order valence-electron chi connectivity index (χ2n) is 6.65. The van der Waals surface area contributed by atoms with Gasteiger partial charge in [0, 0.05) is 0 Å². The summed E-state index contributed by atoms with van der Waals surface area (Å²) >= 11 is 0. The van der Waals surface area contributed by atoms with Gasteiger partial charge in [0.2, 0.25) is 0 Å². The van der Waals surface area contributed by atoms with Gasteiger partial charge in [-0.1, -0.05) is 56.0 Å². The van der Waals surface area contributed by atoms with Crippen molar-refractivity contribution < 1.29 is 0 Å². The highest BCUT2D eigenvalue weighted by Gasteiger charge is 2.30. The summed E-state index contributed by atoms with van der Waals surface area (Å²) < 4.78 is 0. The third-order valence-corrected chi connectivity index (χ3v) is 5.06. The van der Waals surface area contributed by atoms with E-state index in [1.54, 1.807) is 0 Å². The maximum atomic E-state index is 3.53. The van der Waals surface area contributed by atoms with E-state index >= 15 is 0 Å².